The molecule has 0 aliphatic rings. The van der Waals surface area contributed by atoms with Crippen molar-refractivity contribution in [2.45, 2.75) is 18.2 Å². The first kappa shape index (κ1) is 12.5. The van der Waals surface area contributed by atoms with Crippen LogP contribution in [0.3, 0.4) is 0 Å². The highest BCUT2D eigenvalue weighted by atomic mass is 35.5. The third kappa shape index (κ3) is 3.83. The number of rotatable bonds is 5. The fourth-order valence-corrected chi connectivity index (χ4v) is 2.11. The van der Waals surface area contributed by atoms with Gasteiger partial charge in [0.25, 0.3) is 0 Å². The summed E-state index contributed by atoms with van der Waals surface area (Å²) in [6, 6.07) is 3.39. The van der Waals surface area contributed by atoms with Gasteiger partial charge in [-0.1, -0.05) is 30.7 Å². The van der Waals surface area contributed by atoms with Crippen molar-refractivity contribution in [1.82, 2.24) is 9.71 Å². The van der Waals surface area contributed by atoms with Crippen LogP contribution in [0.25, 0.3) is 0 Å². The predicted octanol–water partition coefficient (Wildman–Crippen LogP) is 2.31. The number of hydrogen-bond acceptors (Lipinski definition) is 3. The largest absolute Gasteiger partial charge is 0.593 e. The fourth-order valence-electron chi connectivity index (χ4n) is 0.880. The lowest BCUT2D eigenvalue weighted by Crippen LogP contribution is -2.26. The molecule has 1 heterocycles. The zero-order chi connectivity index (χ0) is 11.3. The highest BCUT2D eigenvalue weighted by molar-refractivity contribution is 7.89. The molecular formula is C10H13ClN2OS. The van der Waals surface area contributed by atoms with Crippen LogP contribution in [-0.2, 0) is 11.4 Å². The Bertz CT molecular complexity index is 346. The van der Waals surface area contributed by atoms with Gasteiger partial charge in [0.15, 0.2) is 5.15 Å². The normalized spacial score (nSPS) is 12.5. The second-order valence-corrected chi connectivity index (χ2v) is 4.61. The van der Waals surface area contributed by atoms with Crippen molar-refractivity contribution in [3.8, 4) is 0 Å². The Morgan fingerprint density at radius 2 is 2.47 bits per heavy atom. The monoisotopic (exact) mass is 244 g/mol. The van der Waals surface area contributed by atoms with E-state index in [0.717, 1.165) is 12.0 Å². The first-order chi connectivity index (χ1) is 7.15. The Hall–Kier alpha value is -0.550. The molecule has 1 atom stereocenters. The maximum atomic E-state index is 11.7. The molecule has 1 unspecified atom stereocenters. The highest BCUT2D eigenvalue weighted by Crippen LogP contribution is 2.17. The summed E-state index contributed by atoms with van der Waals surface area (Å²) in [5, 5.41) is 0.269. The molecular weight excluding hydrogens is 232 g/mol. The number of nitrogens with zero attached hydrogens (tertiary/aromatic N) is 1. The van der Waals surface area contributed by atoms with E-state index in [4.69, 9.17) is 11.6 Å². The molecule has 0 aromatic carbocycles. The quantitative estimate of drug-likeness (QED) is 0.491. The van der Waals surface area contributed by atoms with Crippen LogP contribution in [0.5, 0.6) is 0 Å². The zero-order valence-electron chi connectivity index (χ0n) is 8.50. The van der Waals surface area contributed by atoms with Gasteiger partial charge >= 0.3 is 0 Å². The summed E-state index contributed by atoms with van der Waals surface area (Å²) in [5.74, 6) is 0. The van der Waals surface area contributed by atoms with Crippen molar-refractivity contribution in [3.63, 3.8) is 0 Å². The second-order valence-electron chi connectivity index (χ2n) is 2.99. The lowest BCUT2D eigenvalue weighted by atomic mass is 10.2. The maximum Gasteiger partial charge on any atom is 0.211 e. The summed E-state index contributed by atoms with van der Waals surface area (Å²) in [6.45, 7) is 6.34. The molecule has 3 nitrogen and oxygen atoms in total. The van der Waals surface area contributed by atoms with Crippen molar-refractivity contribution in [1.29, 1.82) is 0 Å². The molecule has 1 N–H and O–H groups in total. The molecule has 0 bridgehead atoms. The Morgan fingerprint density at radius 3 is 3.07 bits per heavy atom. The molecule has 0 amide bonds. The topological polar surface area (TPSA) is 48.0 Å². The van der Waals surface area contributed by atoms with Crippen LogP contribution >= 0.6 is 11.6 Å². The summed E-state index contributed by atoms with van der Waals surface area (Å²) in [5.41, 5.74) is 1.00. The third-order valence-corrected chi connectivity index (χ3v) is 3.43. The van der Waals surface area contributed by atoms with Crippen LogP contribution in [0.2, 0.25) is 5.15 Å². The molecule has 1 rings (SSSR count). The molecule has 0 spiro atoms. The summed E-state index contributed by atoms with van der Waals surface area (Å²) in [6.07, 6.45) is 2.43. The lowest BCUT2D eigenvalue weighted by Gasteiger charge is -2.11. The fraction of sp³-hybridized carbons (Fsp3) is 0.300. The first-order valence-corrected chi connectivity index (χ1v) is 6.10. The average Bonchev–Trinajstić information content (AvgIpc) is 2.26. The molecule has 0 aliphatic heterocycles. The van der Waals surface area contributed by atoms with Gasteiger partial charge in [0.05, 0.1) is 17.9 Å². The summed E-state index contributed by atoms with van der Waals surface area (Å²) < 4.78 is 14.6. The molecule has 0 saturated carbocycles. The Labute approximate surface area is 97.9 Å². The van der Waals surface area contributed by atoms with Crippen LogP contribution < -0.4 is 4.72 Å². The number of pyridine rings is 1. The van der Waals surface area contributed by atoms with Gasteiger partial charge in [-0.25, -0.2) is 4.98 Å². The van der Waals surface area contributed by atoms with Crippen molar-refractivity contribution in [2.75, 3.05) is 6.54 Å². The molecule has 0 radical (unpaired) electrons. The molecule has 1 aromatic rings. The van der Waals surface area contributed by atoms with E-state index in [1.54, 1.807) is 18.3 Å². The molecule has 5 heteroatoms. The van der Waals surface area contributed by atoms with Crippen LogP contribution in [0.1, 0.15) is 13.3 Å². The van der Waals surface area contributed by atoms with Gasteiger partial charge in [-0.3, -0.25) is 0 Å². The van der Waals surface area contributed by atoms with Gasteiger partial charge in [-0.2, -0.15) is 0 Å². The number of halogens is 1. The molecule has 0 saturated heterocycles. The Balaban J connectivity index is 2.57. The number of hydrogen-bond donors (Lipinski definition) is 1. The van der Waals surface area contributed by atoms with E-state index < -0.39 is 11.4 Å². The van der Waals surface area contributed by atoms with Crippen LogP contribution in [-0.4, -0.2) is 16.1 Å². The molecule has 1 aromatic heterocycles. The van der Waals surface area contributed by atoms with E-state index >= 15 is 0 Å². The van der Waals surface area contributed by atoms with Crippen LogP contribution in [0.15, 0.2) is 35.4 Å². The minimum atomic E-state index is -1.32. The number of aromatic nitrogens is 1. The number of nitrogens with one attached hydrogen (secondary N) is 1. The van der Waals surface area contributed by atoms with E-state index in [9.17, 15) is 4.55 Å². The van der Waals surface area contributed by atoms with Crippen molar-refractivity contribution < 1.29 is 4.55 Å². The first-order valence-electron chi connectivity index (χ1n) is 4.57. The summed E-state index contributed by atoms with van der Waals surface area (Å²) in [4.78, 5) is 4.36. The minimum Gasteiger partial charge on any atom is -0.593 e. The minimum absolute atomic E-state index is 0.269. The van der Waals surface area contributed by atoms with Crippen LogP contribution in [0, 0.1) is 0 Å². The SMILES string of the molecule is C=C(CC)CN[S+]([O-])c1cccnc1Cl. The summed E-state index contributed by atoms with van der Waals surface area (Å²) >= 11 is 4.48. The third-order valence-electron chi connectivity index (χ3n) is 1.88. The van der Waals surface area contributed by atoms with E-state index in [1.807, 2.05) is 6.92 Å². The average molecular weight is 245 g/mol. The Morgan fingerprint density at radius 1 is 1.73 bits per heavy atom. The van der Waals surface area contributed by atoms with E-state index in [-0.39, 0.29) is 5.15 Å². The zero-order valence-corrected chi connectivity index (χ0v) is 10.1. The predicted molar refractivity (Wildman–Crippen MR) is 63.1 cm³/mol. The van der Waals surface area contributed by atoms with E-state index in [0.29, 0.717) is 11.4 Å². The van der Waals surface area contributed by atoms with Gasteiger partial charge in [-0.05, 0) is 12.5 Å². The maximum absolute atomic E-state index is 11.7. The van der Waals surface area contributed by atoms with Crippen LogP contribution in [0.4, 0.5) is 0 Å². The van der Waals surface area contributed by atoms with Gasteiger partial charge in [-0.15, -0.1) is 4.72 Å². The Kier molecular flexibility index (Phi) is 5.11. The van der Waals surface area contributed by atoms with E-state index in [1.165, 1.54) is 0 Å². The van der Waals surface area contributed by atoms with Gasteiger partial charge < -0.3 is 4.55 Å². The van der Waals surface area contributed by atoms with Crippen molar-refractivity contribution >= 4 is 23.0 Å². The lowest BCUT2D eigenvalue weighted by molar-refractivity contribution is 0.583. The summed E-state index contributed by atoms with van der Waals surface area (Å²) in [7, 11) is 0. The standard InChI is InChI=1S/C10H13ClN2OS/c1-3-8(2)7-13-15(14)9-5-4-6-12-10(9)11/h4-6,13H,2-3,7H2,1H3. The molecule has 0 aliphatic carbocycles. The van der Waals surface area contributed by atoms with Gasteiger partial charge in [0.2, 0.25) is 4.90 Å². The van der Waals surface area contributed by atoms with Gasteiger partial charge in [0, 0.05) is 12.3 Å². The van der Waals surface area contributed by atoms with Crippen molar-refractivity contribution in [2.24, 2.45) is 0 Å². The highest BCUT2D eigenvalue weighted by Gasteiger charge is 2.15. The molecule has 82 valence electrons. The van der Waals surface area contributed by atoms with Crippen molar-refractivity contribution in [3.05, 3.63) is 35.6 Å². The van der Waals surface area contributed by atoms with Gasteiger partial charge in [0.1, 0.15) is 0 Å². The second kappa shape index (κ2) is 6.12. The van der Waals surface area contributed by atoms with E-state index in [2.05, 4.69) is 16.3 Å². The smallest absolute Gasteiger partial charge is 0.211 e. The molecule has 0 fully saturated rings. The molecule has 15 heavy (non-hydrogen) atoms.